The number of nitrogens with one attached hydrogen (secondary N) is 3. The van der Waals surface area contributed by atoms with Gasteiger partial charge in [-0.25, -0.2) is 4.98 Å². The Balaban J connectivity index is 1.61. The third-order valence-corrected chi connectivity index (χ3v) is 4.72. The molecule has 6 nitrogen and oxygen atoms in total. The Labute approximate surface area is 137 Å². The van der Waals surface area contributed by atoms with E-state index in [1.807, 2.05) is 18.2 Å². The SMILES string of the molecule is O=c1[nH]cnc2c(CN[C@H](CO)CSc3ccccc3)c[nH]c12. The van der Waals surface area contributed by atoms with Crippen molar-refractivity contribution >= 4 is 22.8 Å². The molecular weight excluding hydrogens is 312 g/mol. The smallest absolute Gasteiger partial charge is 0.275 e. The number of hydrogen-bond acceptors (Lipinski definition) is 5. The lowest BCUT2D eigenvalue weighted by atomic mass is 10.2. The molecule has 1 atom stereocenters. The minimum Gasteiger partial charge on any atom is -0.395 e. The van der Waals surface area contributed by atoms with Gasteiger partial charge in [0.05, 0.1) is 18.5 Å². The van der Waals surface area contributed by atoms with Crippen LogP contribution >= 0.6 is 11.8 Å². The second kappa shape index (κ2) is 7.45. The van der Waals surface area contributed by atoms with Gasteiger partial charge in [0.2, 0.25) is 0 Å². The summed E-state index contributed by atoms with van der Waals surface area (Å²) >= 11 is 1.70. The predicted molar refractivity (Wildman–Crippen MR) is 91.6 cm³/mol. The van der Waals surface area contributed by atoms with Gasteiger partial charge in [-0.2, -0.15) is 0 Å². The fourth-order valence-electron chi connectivity index (χ4n) is 2.28. The molecule has 0 saturated carbocycles. The van der Waals surface area contributed by atoms with Crippen LogP contribution in [0.3, 0.4) is 0 Å². The molecule has 0 amide bonds. The van der Waals surface area contributed by atoms with Crippen molar-refractivity contribution < 1.29 is 5.11 Å². The number of aromatic amines is 2. The van der Waals surface area contributed by atoms with E-state index < -0.39 is 0 Å². The fourth-order valence-corrected chi connectivity index (χ4v) is 3.25. The van der Waals surface area contributed by atoms with Crippen LogP contribution in [0.5, 0.6) is 0 Å². The summed E-state index contributed by atoms with van der Waals surface area (Å²) in [6.07, 6.45) is 3.18. The Hall–Kier alpha value is -2.09. The van der Waals surface area contributed by atoms with Crippen LogP contribution in [-0.4, -0.2) is 38.5 Å². The maximum Gasteiger partial charge on any atom is 0.275 e. The van der Waals surface area contributed by atoms with Crippen LogP contribution in [0.15, 0.2) is 52.5 Å². The Morgan fingerprint density at radius 3 is 2.87 bits per heavy atom. The molecule has 1 aromatic carbocycles. The molecule has 23 heavy (non-hydrogen) atoms. The van der Waals surface area contributed by atoms with E-state index in [0.717, 1.165) is 11.3 Å². The predicted octanol–water partition coefficient (Wildman–Crippen LogP) is 1.49. The third-order valence-electron chi connectivity index (χ3n) is 3.54. The number of thioether (sulfide) groups is 1. The topological polar surface area (TPSA) is 93.8 Å². The Bertz CT molecular complexity index is 816. The molecule has 7 heteroatoms. The zero-order chi connectivity index (χ0) is 16.1. The molecule has 2 heterocycles. The average Bonchev–Trinajstić information content (AvgIpc) is 3.01. The van der Waals surface area contributed by atoms with Crippen molar-refractivity contribution in [3.63, 3.8) is 0 Å². The first-order valence-corrected chi connectivity index (χ1v) is 8.32. The van der Waals surface area contributed by atoms with E-state index in [-0.39, 0.29) is 18.2 Å². The fraction of sp³-hybridized carbons (Fsp3) is 0.250. The molecule has 0 saturated heterocycles. The molecule has 0 bridgehead atoms. The zero-order valence-electron chi connectivity index (χ0n) is 12.5. The number of aliphatic hydroxyl groups excluding tert-OH is 1. The minimum atomic E-state index is -0.181. The van der Waals surface area contributed by atoms with Crippen molar-refractivity contribution in [1.82, 2.24) is 20.3 Å². The summed E-state index contributed by atoms with van der Waals surface area (Å²) in [4.78, 5) is 22.5. The molecule has 0 spiro atoms. The van der Waals surface area contributed by atoms with Crippen LogP contribution in [0.1, 0.15) is 5.56 Å². The van der Waals surface area contributed by atoms with Gasteiger partial charge in [-0.05, 0) is 12.1 Å². The average molecular weight is 330 g/mol. The van der Waals surface area contributed by atoms with Crippen LogP contribution in [0.25, 0.3) is 11.0 Å². The molecule has 0 fully saturated rings. The monoisotopic (exact) mass is 330 g/mol. The van der Waals surface area contributed by atoms with Crippen molar-refractivity contribution in [3.05, 3.63) is 58.8 Å². The van der Waals surface area contributed by atoms with Crippen molar-refractivity contribution in [1.29, 1.82) is 0 Å². The van der Waals surface area contributed by atoms with Crippen molar-refractivity contribution in [2.75, 3.05) is 12.4 Å². The third kappa shape index (κ3) is 3.82. The summed E-state index contributed by atoms with van der Waals surface area (Å²) < 4.78 is 0. The Morgan fingerprint density at radius 2 is 2.09 bits per heavy atom. The van der Waals surface area contributed by atoms with Crippen LogP contribution in [-0.2, 0) is 6.54 Å². The lowest BCUT2D eigenvalue weighted by Crippen LogP contribution is -2.34. The number of rotatable bonds is 7. The summed E-state index contributed by atoms with van der Waals surface area (Å²) in [5.74, 6) is 0.761. The van der Waals surface area contributed by atoms with Gasteiger partial charge in [0, 0.05) is 35.0 Å². The van der Waals surface area contributed by atoms with E-state index in [9.17, 15) is 9.90 Å². The van der Waals surface area contributed by atoms with Gasteiger partial charge in [-0.3, -0.25) is 4.79 Å². The van der Waals surface area contributed by atoms with E-state index in [1.165, 1.54) is 11.2 Å². The van der Waals surface area contributed by atoms with E-state index >= 15 is 0 Å². The van der Waals surface area contributed by atoms with E-state index in [4.69, 9.17) is 0 Å². The maximum absolute atomic E-state index is 11.7. The largest absolute Gasteiger partial charge is 0.395 e. The number of benzene rings is 1. The molecule has 3 rings (SSSR count). The Kier molecular flexibility index (Phi) is 5.12. The van der Waals surface area contributed by atoms with Gasteiger partial charge in [0.15, 0.2) is 0 Å². The van der Waals surface area contributed by atoms with Gasteiger partial charge in [0.1, 0.15) is 5.52 Å². The van der Waals surface area contributed by atoms with Crippen molar-refractivity contribution in [2.45, 2.75) is 17.5 Å². The minimum absolute atomic E-state index is 0.0350. The lowest BCUT2D eigenvalue weighted by Gasteiger charge is -2.15. The molecule has 2 aromatic heterocycles. The molecule has 0 radical (unpaired) electrons. The first kappa shape index (κ1) is 15.8. The highest BCUT2D eigenvalue weighted by Gasteiger charge is 2.11. The van der Waals surface area contributed by atoms with Crippen molar-refractivity contribution in [2.24, 2.45) is 0 Å². The second-order valence-corrected chi connectivity index (χ2v) is 6.25. The molecule has 0 aliphatic carbocycles. The molecule has 4 N–H and O–H groups in total. The first-order chi connectivity index (χ1) is 11.3. The van der Waals surface area contributed by atoms with E-state index in [1.54, 1.807) is 18.0 Å². The summed E-state index contributed by atoms with van der Waals surface area (Å²) in [6.45, 7) is 0.591. The molecule has 0 unspecified atom stereocenters. The molecule has 0 aliphatic heterocycles. The number of hydrogen-bond donors (Lipinski definition) is 4. The standard InChI is InChI=1S/C16H18N4O2S/c21-8-12(9-23-13-4-2-1-3-5-13)17-6-11-7-18-15-14(11)19-10-20-16(15)22/h1-5,7,10,12,17-18,21H,6,8-9H2,(H,19,20,22)/t12-/m1/s1. The maximum atomic E-state index is 11.7. The van der Waals surface area contributed by atoms with Crippen LogP contribution < -0.4 is 10.9 Å². The molecule has 3 aromatic rings. The molecular formula is C16H18N4O2S. The van der Waals surface area contributed by atoms with Gasteiger partial charge in [0.25, 0.3) is 5.56 Å². The van der Waals surface area contributed by atoms with Gasteiger partial charge in [-0.15, -0.1) is 11.8 Å². The van der Waals surface area contributed by atoms with Gasteiger partial charge in [-0.1, -0.05) is 18.2 Å². The number of nitrogens with zero attached hydrogens (tertiary/aromatic N) is 1. The first-order valence-electron chi connectivity index (χ1n) is 7.33. The second-order valence-electron chi connectivity index (χ2n) is 5.15. The number of aromatic nitrogens is 3. The highest BCUT2D eigenvalue weighted by Crippen LogP contribution is 2.18. The van der Waals surface area contributed by atoms with Crippen LogP contribution in [0.2, 0.25) is 0 Å². The molecule has 0 aliphatic rings. The summed E-state index contributed by atoms with van der Waals surface area (Å²) in [5.41, 5.74) is 1.87. The summed E-state index contributed by atoms with van der Waals surface area (Å²) in [5, 5.41) is 12.8. The number of fused-ring (bicyclic) bond motifs is 1. The number of H-pyrrole nitrogens is 2. The van der Waals surface area contributed by atoms with Gasteiger partial charge >= 0.3 is 0 Å². The normalized spacial score (nSPS) is 12.6. The van der Waals surface area contributed by atoms with Crippen LogP contribution in [0, 0.1) is 0 Å². The van der Waals surface area contributed by atoms with Crippen molar-refractivity contribution in [3.8, 4) is 0 Å². The lowest BCUT2D eigenvalue weighted by molar-refractivity contribution is 0.253. The van der Waals surface area contributed by atoms with Crippen LogP contribution in [0.4, 0.5) is 0 Å². The number of aliphatic hydroxyl groups is 1. The van der Waals surface area contributed by atoms with E-state index in [2.05, 4.69) is 32.4 Å². The summed E-state index contributed by atoms with van der Waals surface area (Å²) in [6, 6.07) is 10.0. The highest BCUT2D eigenvalue weighted by molar-refractivity contribution is 7.99. The highest BCUT2D eigenvalue weighted by atomic mass is 32.2. The zero-order valence-corrected chi connectivity index (χ0v) is 13.3. The Morgan fingerprint density at radius 1 is 1.26 bits per heavy atom. The summed E-state index contributed by atoms with van der Waals surface area (Å²) in [7, 11) is 0. The van der Waals surface area contributed by atoms with Gasteiger partial charge < -0.3 is 20.4 Å². The molecule has 120 valence electrons. The quantitative estimate of drug-likeness (QED) is 0.493. The van der Waals surface area contributed by atoms with E-state index in [0.29, 0.717) is 17.6 Å².